The molecule has 130 valence electrons. The zero-order valence-corrected chi connectivity index (χ0v) is 15.0. The summed E-state index contributed by atoms with van der Waals surface area (Å²) >= 11 is 1.33. The van der Waals surface area contributed by atoms with Crippen LogP contribution in [0.1, 0.15) is 40.6 Å². The smallest absolute Gasteiger partial charge is 0.330 e. The molecule has 2 aromatic rings. The van der Waals surface area contributed by atoms with Crippen molar-refractivity contribution in [3.8, 4) is 0 Å². The number of H-pyrrole nitrogens is 1. The molecule has 1 amide bonds. The number of rotatable bonds is 6. The number of thiazole rings is 1. The second-order valence-corrected chi connectivity index (χ2v) is 6.29. The highest BCUT2D eigenvalue weighted by atomic mass is 32.1. The molecule has 8 nitrogen and oxygen atoms in total. The molecule has 0 unspecified atom stereocenters. The van der Waals surface area contributed by atoms with Gasteiger partial charge in [0.05, 0.1) is 10.7 Å². The lowest BCUT2D eigenvalue weighted by Gasteiger charge is -2.15. The first-order valence-corrected chi connectivity index (χ1v) is 8.57. The number of carbonyl (C=O) groups excluding carboxylic acids is 1. The number of aromatic nitrogens is 3. The van der Waals surface area contributed by atoms with E-state index in [4.69, 9.17) is 0 Å². The van der Waals surface area contributed by atoms with Crippen LogP contribution in [-0.4, -0.2) is 27.5 Å². The van der Waals surface area contributed by atoms with Crippen LogP contribution in [0.4, 0.5) is 11.5 Å². The third-order valence-corrected chi connectivity index (χ3v) is 4.72. The fourth-order valence-electron chi connectivity index (χ4n) is 2.38. The van der Waals surface area contributed by atoms with Gasteiger partial charge in [-0.1, -0.05) is 6.92 Å². The van der Waals surface area contributed by atoms with Gasteiger partial charge in [0.1, 0.15) is 16.4 Å². The Morgan fingerprint density at radius 3 is 2.62 bits per heavy atom. The van der Waals surface area contributed by atoms with E-state index in [9.17, 15) is 14.4 Å². The molecule has 9 heteroatoms. The molecule has 0 radical (unpaired) electrons. The second-order valence-electron chi connectivity index (χ2n) is 5.20. The average Bonchev–Trinajstić information content (AvgIpc) is 2.88. The third kappa shape index (κ3) is 3.40. The summed E-state index contributed by atoms with van der Waals surface area (Å²) in [4.78, 5) is 43.6. The van der Waals surface area contributed by atoms with Gasteiger partial charge in [-0.2, -0.15) is 0 Å². The molecule has 0 aliphatic heterocycles. The van der Waals surface area contributed by atoms with Crippen LogP contribution in [-0.2, 0) is 13.0 Å². The van der Waals surface area contributed by atoms with Crippen LogP contribution in [0.3, 0.4) is 0 Å². The standard InChI is InChI=1S/C15H21N5O3S/c1-5-7-9-17-8(3)11(24-9)14(22)18-12-10(16-4)13(21)19-15(23)20(12)6-2/h16H,5-7H2,1-4H3,(H,18,22)(H,19,21,23). The fraction of sp³-hybridized carbons (Fsp3) is 0.467. The molecule has 0 atom stereocenters. The molecule has 0 aliphatic rings. The van der Waals surface area contributed by atoms with Crippen molar-refractivity contribution >= 4 is 28.7 Å². The molecule has 0 bridgehead atoms. The molecular weight excluding hydrogens is 330 g/mol. The van der Waals surface area contributed by atoms with Gasteiger partial charge in [-0.05, 0) is 26.7 Å². The first-order valence-electron chi connectivity index (χ1n) is 7.75. The zero-order chi connectivity index (χ0) is 17.9. The molecule has 3 N–H and O–H groups in total. The summed E-state index contributed by atoms with van der Waals surface area (Å²) in [7, 11) is 1.56. The van der Waals surface area contributed by atoms with Crippen LogP contribution < -0.4 is 21.9 Å². The molecule has 2 heterocycles. The topological polar surface area (TPSA) is 109 Å². The summed E-state index contributed by atoms with van der Waals surface area (Å²) in [5.41, 5.74) is -0.359. The Morgan fingerprint density at radius 1 is 1.33 bits per heavy atom. The highest BCUT2D eigenvalue weighted by Gasteiger charge is 2.20. The number of aromatic amines is 1. The van der Waals surface area contributed by atoms with Crippen LogP contribution in [0.2, 0.25) is 0 Å². The van der Waals surface area contributed by atoms with Gasteiger partial charge in [-0.15, -0.1) is 11.3 Å². The minimum absolute atomic E-state index is 0.140. The van der Waals surface area contributed by atoms with Crippen molar-refractivity contribution in [2.75, 3.05) is 17.7 Å². The number of hydrogen-bond donors (Lipinski definition) is 3. The van der Waals surface area contributed by atoms with E-state index in [0.717, 1.165) is 17.8 Å². The van der Waals surface area contributed by atoms with Gasteiger partial charge in [0.2, 0.25) is 0 Å². The maximum atomic E-state index is 12.6. The van der Waals surface area contributed by atoms with E-state index in [1.54, 1.807) is 20.9 Å². The van der Waals surface area contributed by atoms with E-state index in [2.05, 4.69) is 20.6 Å². The Labute approximate surface area is 143 Å². The predicted molar refractivity (Wildman–Crippen MR) is 95.3 cm³/mol. The van der Waals surface area contributed by atoms with Gasteiger partial charge in [-0.3, -0.25) is 19.1 Å². The monoisotopic (exact) mass is 351 g/mol. The first kappa shape index (κ1) is 17.9. The molecule has 0 saturated carbocycles. The molecule has 0 saturated heterocycles. The van der Waals surface area contributed by atoms with Crippen molar-refractivity contribution in [1.29, 1.82) is 0 Å². The average molecular weight is 351 g/mol. The molecule has 2 rings (SSSR count). The van der Waals surface area contributed by atoms with E-state index in [-0.39, 0.29) is 17.4 Å². The van der Waals surface area contributed by atoms with E-state index < -0.39 is 11.2 Å². The van der Waals surface area contributed by atoms with E-state index >= 15 is 0 Å². The summed E-state index contributed by atoms with van der Waals surface area (Å²) in [6.45, 7) is 5.88. The van der Waals surface area contributed by atoms with Gasteiger partial charge in [0, 0.05) is 13.6 Å². The van der Waals surface area contributed by atoms with Crippen molar-refractivity contribution in [3.05, 3.63) is 36.4 Å². The van der Waals surface area contributed by atoms with Crippen LogP contribution in [0, 0.1) is 6.92 Å². The number of aryl methyl sites for hydroxylation is 2. The number of amides is 1. The van der Waals surface area contributed by atoms with Crippen LogP contribution in [0.15, 0.2) is 9.59 Å². The highest BCUT2D eigenvalue weighted by molar-refractivity contribution is 7.13. The molecule has 0 aliphatic carbocycles. The Morgan fingerprint density at radius 2 is 2.04 bits per heavy atom. The minimum atomic E-state index is -0.574. The zero-order valence-electron chi connectivity index (χ0n) is 14.1. The number of nitrogens with zero attached hydrogens (tertiary/aromatic N) is 2. The van der Waals surface area contributed by atoms with Gasteiger partial charge < -0.3 is 10.6 Å². The van der Waals surface area contributed by atoms with E-state index in [1.165, 1.54) is 15.9 Å². The third-order valence-electron chi connectivity index (χ3n) is 3.51. The first-order chi connectivity index (χ1) is 11.4. The minimum Gasteiger partial charge on any atom is -0.381 e. The summed E-state index contributed by atoms with van der Waals surface area (Å²) in [6, 6.07) is 0. The van der Waals surface area contributed by atoms with Crippen molar-refractivity contribution in [3.63, 3.8) is 0 Å². The number of nitrogens with one attached hydrogen (secondary N) is 3. The van der Waals surface area contributed by atoms with Gasteiger partial charge in [0.25, 0.3) is 11.5 Å². The molecule has 0 spiro atoms. The van der Waals surface area contributed by atoms with E-state index in [0.29, 0.717) is 17.1 Å². The Bertz CT molecular complexity index is 829. The SMILES string of the molecule is CCCc1nc(C)c(C(=O)Nc2c(NC)c(=O)[nH]c(=O)n2CC)s1. The highest BCUT2D eigenvalue weighted by Crippen LogP contribution is 2.22. The number of hydrogen-bond acceptors (Lipinski definition) is 6. The van der Waals surface area contributed by atoms with Crippen molar-refractivity contribution < 1.29 is 4.79 Å². The maximum Gasteiger partial charge on any atom is 0.330 e. The van der Waals surface area contributed by atoms with Crippen LogP contribution >= 0.6 is 11.3 Å². The maximum absolute atomic E-state index is 12.6. The summed E-state index contributed by atoms with van der Waals surface area (Å²) in [5, 5.41) is 6.32. The van der Waals surface area contributed by atoms with E-state index in [1.807, 2.05) is 6.92 Å². The molecule has 0 fully saturated rings. The summed E-state index contributed by atoms with van der Waals surface area (Å²) in [6.07, 6.45) is 1.76. The number of anilines is 2. The lowest BCUT2D eigenvalue weighted by molar-refractivity contribution is 0.102. The van der Waals surface area contributed by atoms with Gasteiger partial charge in [0.15, 0.2) is 0 Å². The van der Waals surface area contributed by atoms with Gasteiger partial charge in [-0.25, -0.2) is 9.78 Å². The fourth-order valence-corrected chi connectivity index (χ4v) is 3.44. The molecule has 24 heavy (non-hydrogen) atoms. The Balaban J connectivity index is 2.45. The normalized spacial score (nSPS) is 10.7. The second kappa shape index (κ2) is 7.43. The molecular formula is C15H21N5O3S. The summed E-state index contributed by atoms with van der Waals surface area (Å²) in [5.74, 6) is -0.223. The largest absolute Gasteiger partial charge is 0.381 e. The quantitative estimate of drug-likeness (QED) is 0.732. The van der Waals surface area contributed by atoms with Crippen LogP contribution in [0.25, 0.3) is 0 Å². The van der Waals surface area contributed by atoms with Crippen molar-refractivity contribution in [1.82, 2.24) is 14.5 Å². The van der Waals surface area contributed by atoms with Crippen LogP contribution in [0.5, 0.6) is 0 Å². The summed E-state index contributed by atoms with van der Waals surface area (Å²) < 4.78 is 1.30. The Hall–Kier alpha value is -2.42. The Kier molecular flexibility index (Phi) is 5.55. The lowest BCUT2D eigenvalue weighted by atomic mass is 10.3. The molecule has 0 aromatic carbocycles. The van der Waals surface area contributed by atoms with Crippen molar-refractivity contribution in [2.24, 2.45) is 0 Å². The van der Waals surface area contributed by atoms with Crippen molar-refractivity contribution in [2.45, 2.75) is 40.2 Å². The number of carbonyl (C=O) groups is 1. The van der Waals surface area contributed by atoms with Gasteiger partial charge >= 0.3 is 5.69 Å². The molecule has 2 aromatic heterocycles. The lowest BCUT2D eigenvalue weighted by Crippen LogP contribution is -2.34. The predicted octanol–water partition coefficient (Wildman–Crippen LogP) is 1.57.